The fourth-order valence-corrected chi connectivity index (χ4v) is 2.50. The van der Waals surface area contributed by atoms with Crippen LogP contribution in [-0.4, -0.2) is 23.8 Å². The zero-order chi connectivity index (χ0) is 14.3. The van der Waals surface area contributed by atoms with E-state index in [1.165, 1.54) is 7.05 Å². The molecular weight excluding hydrogens is 365 g/mol. The van der Waals surface area contributed by atoms with Gasteiger partial charge in [0, 0.05) is 22.0 Å². The molecular formula is C15H11IN2O2. The average Bonchev–Trinajstić information content (AvgIpc) is 2.66. The fraction of sp³-hybridized carbons (Fsp3) is 0.0667. The Bertz CT molecular complexity index is 710. The highest BCUT2D eigenvalue weighted by molar-refractivity contribution is 14.1. The van der Waals surface area contributed by atoms with Crippen LogP contribution >= 0.6 is 22.6 Å². The Morgan fingerprint density at radius 1 is 0.900 bits per heavy atom. The van der Waals surface area contributed by atoms with E-state index >= 15 is 0 Å². The van der Waals surface area contributed by atoms with Crippen LogP contribution in [0.4, 0.5) is 11.4 Å². The van der Waals surface area contributed by atoms with Crippen LogP contribution in [0.3, 0.4) is 0 Å². The second kappa shape index (κ2) is 4.90. The maximum absolute atomic E-state index is 11.9. The highest BCUT2D eigenvalue weighted by Crippen LogP contribution is 2.26. The number of benzene rings is 2. The summed E-state index contributed by atoms with van der Waals surface area (Å²) < 4.78 is 1.16. The zero-order valence-corrected chi connectivity index (χ0v) is 12.8. The number of rotatable bonds is 2. The van der Waals surface area contributed by atoms with E-state index < -0.39 is 0 Å². The van der Waals surface area contributed by atoms with Gasteiger partial charge >= 0.3 is 0 Å². The molecule has 20 heavy (non-hydrogen) atoms. The van der Waals surface area contributed by atoms with Crippen LogP contribution in [-0.2, 0) is 0 Å². The van der Waals surface area contributed by atoms with Crippen molar-refractivity contribution in [3.63, 3.8) is 0 Å². The number of anilines is 2. The van der Waals surface area contributed by atoms with Gasteiger partial charge in [0.1, 0.15) is 0 Å². The molecule has 5 heteroatoms. The van der Waals surface area contributed by atoms with Gasteiger partial charge in [0.05, 0.1) is 11.1 Å². The van der Waals surface area contributed by atoms with Crippen LogP contribution in [0.15, 0.2) is 42.5 Å². The van der Waals surface area contributed by atoms with E-state index in [2.05, 4.69) is 27.9 Å². The zero-order valence-electron chi connectivity index (χ0n) is 10.7. The van der Waals surface area contributed by atoms with Crippen molar-refractivity contribution in [2.75, 3.05) is 12.4 Å². The lowest BCUT2D eigenvalue weighted by Crippen LogP contribution is -2.24. The summed E-state index contributed by atoms with van der Waals surface area (Å²) >= 11 is 2.24. The van der Waals surface area contributed by atoms with E-state index in [9.17, 15) is 9.59 Å². The molecule has 0 unspecified atom stereocenters. The molecule has 0 aromatic heterocycles. The van der Waals surface area contributed by atoms with Crippen molar-refractivity contribution in [1.82, 2.24) is 4.90 Å². The minimum Gasteiger partial charge on any atom is -0.356 e. The minimum atomic E-state index is -0.253. The van der Waals surface area contributed by atoms with Gasteiger partial charge < -0.3 is 5.32 Å². The summed E-state index contributed by atoms with van der Waals surface area (Å²) in [5.41, 5.74) is 2.65. The lowest BCUT2D eigenvalue weighted by Gasteiger charge is -2.07. The van der Waals surface area contributed by atoms with Crippen molar-refractivity contribution in [2.24, 2.45) is 0 Å². The third kappa shape index (κ3) is 2.18. The summed E-state index contributed by atoms with van der Waals surface area (Å²) in [6.45, 7) is 0. The van der Waals surface area contributed by atoms with Gasteiger partial charge in [-0.1, -0.05) is 0 Å². The molecule has 0 spiro atoms. The summed E-state index contributed by atoms with van der Waals surface area (Å²) in [4.78, 5) is 24.9. The molecule has 3 rings (SSSR count). The molecule has 0 fully saturated rings. The number of hydrogen-bond donors (Lipinski definition) is 1. The molecule has 0 aliphatic carbocycles. The first-order chi connectivity index (χ1) is 9.56. The van der Waals surface area contributed by atoms with Crippen LogP contribution in [0.1, 0.15) is 20.7 Å². The Morgan fingerprint density at radius 2 is 1.50 bits per heavy atom. The second-order valence-corrected chi connectivity index (χ2v) is 5.81. The Kier molecular flexibility index (Phi) is 3.21. The van der Waals surface area contributed by atoms with Crippen LogP contribution in [0.5, 0.6) is 0 Å². The summed E-state index contributed by atoms with van der Waals surface area (Å²) in [6.07, 6.45) is 0. The monoisotopic (exact) mass is 376 g/mol. The highest BCUT2D eigenvalue weighted by Gasteiger charge is 2.32. The predicted octanol–water partition coefficient (Wildman–Crippen LogP) is 3.26. The number of hydrogen-bond acceptors (Lipinski definition) is 3. The van der Waals surface area contributed by atoms with E-state index in [4.69, 9.17) is 0 Å². The average molecular weight is 376 g/mol. The van der Waals surface area contributed by atoms with Gasteiger partial charge in [-0.3, -0.25) is 14.5 Å². The lowest BCUT2D eigenvalue weighted by molar-refractivity contribution is 0.0693. The van der Waals surface area contributed by atoms with Crippen molar-refractivity contribution < 1.29 is 9.59 Å². The van der Waals surface area contributed by atoms with Gasteiger partial charge in [-0.25, -0.2) is 0 Å². The van der Waals surface area contributed by atoms with Crippen LogP contribution in [0, 0.1) is 3.57 Å². The van der Waals surface area contributed by atoms with Crippen molar-refractivity contribution in [2.45, 2.75) is 0 Å². The number of nitrogens with zero attached hydrogens (tertiary/aromatic N) is 1. The van der Waals surface area contributed by atoms with Gasteiger partial charge in [-0.15, -0.1) is 0 Å². The van der Waals surface area contributed by atoms with Gasteiger partial charge in [0.2, 0.25) is 0 Å². The number of carbonyl (C=O) groups excluding carboxylic acids is 2. The molecule has 4 nitrogen and oxygen atoms in total. The molecule has 2 aromatic carbocycles. The maximum Gasteiger partial charge on any atom is 0.261 e. The third-order valence-corrected chi connectivity index (χ3v) is 3.94. The van der Waals surface area contributed by atoms with Crippen molar-refractivity contribution in [3.05, 3.63) is 57.2 Å². The summed E-state index contributed by atoms with van der Waals surface area (Å²) in [7, 11) is 1.50. The molecule has 2 amide bonds. The SMILES string of the molecule is CN1C(=O)c2ccc(Nc3ccc([125I])cc3)cc2C1=O. The third-order valence-electron chi connectivity index (χ3n) is 3.22. The van der Waals surface area contributed by atoms with E-state index in [0.29, 0.717) is 11.1 Å². The number of imide groups is 1. The molecule has 0 atom stereocenters. The van der Waals surface area contributed by atoms with Gasteiger partial charge in [-0.2, -0.15) is 0 Å². The lowest BCUT2D eigenvalue weighted by atomic mass is 10.1. The summed E-state index contributed by atoms with van der Waals surface area (Å²) in [5, 5.41) is 3.23. The predicted molar refractivity (Wildman–Crippen MR) is 85.3 cm³/mol. The molecule has 0 bridgehead atoms. The number of carbonyl (C=O) groups is 2. The van der Waals surface area contributed by atoms with Crippen LogP contribution < -0.4 is 5.32 Å². The van der Waals surface area contributed by atoms with Crippen molar-refractivity contribution in [3.8, 4) is 0 Å². The molecule has 0 saturated carbocycles. The molecule has 1 N–H and O–H groups in total. The first-order valence-corrected chi connectivity index (χ1v) is 7.13. The number of nitrogens with one attached hydrogen (secondary N) is 1. The van der Waals surface area contributed by atoms with Crippen LogP contribution in [0.25, 0.3) is 0 Å². The van der Waals surface area contributed by atoms with Crippen LogP contribution in [0.2, 0.25) is 0 Å². The Morgan fingerprint density at radius 3 is 2.20 bits per heavy atom. The summed E-state index contributed by atoms with van der Waals surface area (Å²) in [5.74, 6) is -0.498. The van der Waals surface area contributed by atoms with Gasteiger partial charge in [0.25, 0.3) is 11.8 Å². The van der Waals surface area contributed by atoms with Crippen molar-refractivity contribution >= 4 is 45.8 Å². The van der Waals surface area contributed by atoms with Gasteiger partial charge in [-0.05, 0) is 65.1 Å². The molecule has 1 aliphatic rings. The van der Waals surface area contributed by atoms with E-state index in [0.717, 1.165) is 19.8 Å². The molecule has 0 radical (unpaired) electrons. The normalized spacial score (nSPS) is 13.6. The number of fused-ring (bicyclic) bond motifs is 1. The smallest absolute Gasteiger partial charge is 0.261 e. The maximum atomic E-state index is 11.9. The largest absolute Gasteiger partial charge is 0.356 e. The highest BCUT2D eigenvalue weighted by atomic mass is 125. The fourth-order valence-electron chi connectivity index (χ4n) is 2.14. The first-order valence-electron chi connectivity index (χ1n) is 6.05. The van der Waals surface area contributed by atoms with Crippen molar-refractivity contribution in [1.29, 1.82) is 0 Å². The van der Waals surface area contributed by atoms with Gasteiger partial charge in [0.15, 0.2) is 0 Å². The molecule has 0 saturated heterocycles. The number of amides is 2. The molecule has 2 aromatic rings. The quantitative estimate of drug-likeness (QED) is 0.647. The first kappa shape index (κ1) is 13.1. The topological polar surface area (TPSA) is 49.4 Å². The van der Waals surface area contributed by atoms with E-state index in [-0.39, 0.29) is 11.8 Å². The Labute approximate surface area is 129 Å². The van der Waals surface area contributed by atoms with E-state index in [1.54, 1.807) is 18.2 Å². The van der Waals surface area contributed by atoms with E-state index in [1.807, 2.05) is 24.3 Å². The molecule has 1 aliphatic heterocycles. The number of halogens is 1. The molecule has 1 heterocycles. The molecule has 100 valence electrons. The summed E-state index contributed by atoms with van der Waals surface area (Å²) in [6, 6.07) is 13.1. The Hall–Kier alpha value is -1.89. The second-order valence-electron chi connectivity index (χ2n) is 4.56. The standard InChI is InChI=1S/C15H11IN2O2/c1-18-14(19)12-7-6-11(8-13(12)15(18)20)17-10-4-2-9(16)3-5-10/h2-8,17H,1H3/i16-2. The minimum absolute atomic E-state index is 0.245. The Balaban J connectivity index is 1.92.